The Morgan fingerprint density at radius 2 is 1.88 bits per heavy atom. The number of carbonyl (C=O) groups is 2. The standard InChI is InChI=1S/C20H22N2O4/c1-13-6-8-14(9-7-13)22-17-4-3-5-18(24)15(17)12-16(20(22)26)19(25)21(2)10-11-23/h6-9,12,23H,3-5,10-11H2,1-2H3. The molecule has 1 heterocycles. The number of benzene rings is 1. The van der Waals surface area contributed by atoms with Gasteiger partial charge in [-0.25, -0.2) is 0 Å². The van der Waals surface area contributed by atoms with Crippen LogP contribution in [-0.4, -0.2) is 46.5 Å². The monoisotopic (exact) mass is 354 g/mol. The maximum absolute atomic E-state index is 13.1. The fourth-order valence-electron chi connectivity index (χ4n) is 3.27. The molecule has 0 atom stereocenters. The smallest absolute Gasteiger partial charge is 0.268 e. The number of rotatable bonds is 4. The minimum Gasteiger partial charge on any atom is -0.395 e. The van der Waals surface area contributed by atoms with Crippen molar-refractivity contribution in [2.75, 3.05) is 20.2 Å². The molecule has 136 valence electrons. The number of Topliss-reactive ketones (excluding diaryl/α,β-unsaturated/α-hetero) is 1. The normalized spacial score (nSPS) is 13.4. The van der Waals surface area contributed by atoms with Crippen molar-refractivity contribution in [1.29, 1.82) is 0 Å². The van der Waals surface area contributed by atoms with E-state index >= 15 is 0 Å². The average Bonchev–Trinajstić information content (AvgIpc) is 2.62. The molecule has 0 unspecified atom stereocenters. The molecule has 1 aromatic heterocycles. The van der Waals surface area contributed by atoms with E-state index in [-0.39, 0.29) is 24.5 Å². The molecule has 1 aliphatic carbocycles. The Labute approximate surface area is 151 Å². The number of hydrogen-bond donors (Lipinski definition) is 1. The number of nitrogens with zero attached hydrogens (tertiary/aromatic N) is 2. The van der Waals surface area contributed by atoms with Gasteiger partial charge >= 0.3 is 0 Å². The molecule has 6 nitrogen and oxygen atoms in total. The highest BCUT2D eigenvalue weighted by molar-refractivity contribution is 6.01. The molecule has 0 radical (unpaired) electrons. The second kappa shape index (κ2) is 7.25. The number of aliphatic hydroxyl groups excluding tert-OH is 1. The van der Waals surface area contributed by atoms with Crippen LogP contribution in [0.2, 0.25) is 0 Å². The number of fused-ring (bicyclic) bond motifs is 1. The predicted molar refractivity (Wildman–Crippen MR) is 98.1 cm³/mol. The fraction of sp³-hybridized carbons (Fsp3) is 0.350. The zero-order chi connectivity index (χ0) is 18.8. The molecule has 1 aliphatic rings. The van der Waals surface area contributed by atoms with Gasteiger partial charge in [0.1, 0.15) is 5.56 Å². The third-order valence-electron chi connectivity index (χ3n) is 4.73. The third kappa shape index (κ3) is 3.20. The van der Waals surface area contributed by atoms with E-state index in [9.17, 15) is 14.4 Å². The number of carbonyl (C=O) groups excluding carboxylic acids is 2. The Morgan fingerprint density at radius 1 is 1.19 bits per heavy atom. The van der Waals surface area contributed by atoms with Crippen LogP contribution in [-0.2, 0) is 6.42 Å². The van der Waals surface area contributed by atoms with Gasteiger partial charge in [-0.05, 0) is 38.0 Å². The van der Waals surface area contributed by atoms with Gasteiger partial charge in [-0.15, -0.1) is 0 Å². The van der Waals surface area contributed by atoms with Crippen molar-refractivity contribution in [3.05, 3.63) is 63.1 Å². The van der Waals surface area contributed by atoms with E-state index in [2.05, 4.69) is 0 Å². The maximum atomic E-state index is 13.1. The summed E-state index contributed by atoms with van der Waals surface area (Å²) in [6, 6.07) is 8.86. The van der Waals surface area contributed by atoms with E-state index in [0.29, 0.717) is 36.2 Å². The quantitative estimate of drug-likeness (QED) is 0.907. The number of ketones is 1. The van der Waals surface area contributed by atoms with Gasteiger partial charge in [-0.2, -0.15) is 0 Å². The summed E-state index contributed by atoms with van der Waals surface area (Å²) in [5.74, 6) is -0.544. The van der Waals surface area contributed by atoms with Crippen molar-refractivity contribution in [3.8, 4) is 5.69 Å². The van der Waals surface area contributed by atoms with Crippen LogP contribution in [0.15, 0.2) is 35.1 Å². The molecule has 26 heavy (non-hydrogen) atoms. The highest BCUT2D eigenvalue weighted by atomic mass is 16.3. The summed E-state index contributed by atoms with van der Waals surface area (Å²) in [4.78, 5) is 39.5. The van der Waals surface area contributed by atoms with Gasteiger partial charge in [0, 0.05) is 37.0 Å². The molecule has 1 aromatic carbocycles. The van der Waals surface area contributed by atoms with Crippen LogP contribution in [0.1, 0.15) is 44.8 Å². The van der Waals surface area contributed by atoms with Crippen molar-refractivity contribution in [3.63, 3.8) is 0 Å². The van der Waals surface area contributed by atoms with Crippen LogP contribution >= 0.6 is 0 Å². The molecule has 6 heteroatoms. The second-order valence-electron chi connectivity index (χ2n) is 6.62. The van der Waals surface area contributed by atoms with Gasteiger partial charge in [0.25, 0.3) is 11.5 Å². The van der Waals surface area contributed by atoms with Crippen molar-refractivity contribution >= 4 is 11.7 Å². The Bertz CT molecular complexity index is 913. The predicted octanol–water partition coefficient (Wildman–Crippen LogP) is 1.73. The van der Waals surface area contributed by atoms with Crippen LogP contribution in [0, 0.1) is 6.92 Å². The molecule has 3 rings (SSSR count). The van der Waals surface area contributed by atoms with Gasteiger partial charge in [-0.3, -0.25) is 19.0 Å². The molecular formula is C20H22N2O4. The van der Waals surface area contributed by atoms with Crippen molar-refractivity contribution < 1.29 is 14.7 Å². The Balaban J connectivity index is 2.25. The van der Waals surface area contributed by atoms with E-state index in [4.69, 9.17) is 5.11 Å². The lowest BCUT2D eigenvalue weighted by molar-refractivity contribution is 0.0764. The molecule has 1 amide bonds. The molecule has 0 fully saturated rings. The van der Waals surface area contributed by atoms with E-state index in [0.717, 1.165) is 5.56 Å². The minimum absolute atomic E-state index is 0.0458. The topological polar surface area (TPSA) is 79.6 Å². The second-order valence-corrected chi connectivity index (χ2v) is 6.62. The summed E-state index contributed by atoms with van der Waals surface area (Å²) < 4.78 is 1.49. The third-order valence-corrected chi connectivity index (χ3v) is 4.73. The van der Waals surface area contributed by atoms with Crippen LogP contribution in [0.3, 0.4) is 0 Å². The van der Waals surface area contributed by atoms with Crippen molar-refractivity contribution in [2.24, 2.45) is 0 Å². The summed E-state index contributed by atoms with van der Waals surface area (Å²) in [5, 5.41) is 9.06. The SMILES string of the molecule is Cc1ccc(-n2c3c(cc(C(=O)N(C)CCO)c2=O)C(=O)CCC3)cc1. The molecule has 0 bridgehead atoms. The first-order valence-corrected chi connectivity index (χ1v) is 8.69. The molecule has 1 N–H and O–H groups in total. The van der Waals surface area contributed by atoms with Crippen LogP contribution < -0.4 is 5.56 Å². The average molecular weight is 354 g/mol. The number of amides is 1. The van der Waals surface area contributed by atoms with Gasteiger partial charge < -0.3 is 10.0 Å². The van der Waals surface area contributed by atoms with E-state index in [1.54, 1.807) is 0 Å². The van der Waals surface area contributed by atoms with Gasteiger partial charge in [0.05, 0.1) is 6.61 Å². The largest absolute Gasteiger partial charge is 0.395 e. The molecular weight excluding hydrogens is 332 g/mol. The van der Waals surface area contributed by atoms with E-state index in [1.807, 2.05) is 31.2 Å². The number of aryl methyl sites for hydroxylation is 1. The summed E-state index contributed by atoms with van der Waals surface area (Å²) >= 11 is 0. The summed E-state index contributed by atoms with van der Waals surface area (Å²) in [6.45, 7) is 1.88. The molecule has 0 aliphatic heterocycles. The first kappa shape index (κ1) is 18.1. The van der Waals surface area contributed by atoms with Crippen LogP contribution in [0.5, 0.6) is 0 Å². The molecule has 0 spiro atoms. The lowest BCUT2D eigenvalue weighted by atomic mass is 9.92. The number of hydrogen-bond acceptors (Lipinski definition) is 4. The number of likely N-dealkylation sites (N-methyl/N-ethyl adjacent to an activating group) is 1. The maximum Gasteiger partial charge on any atom is 0.268 e. The molecule has 2 aromatic rings. The fourth-order valence-corrected chi connectivity index (χ4v) is 3.27. The van der Waals surface area contributed by atoms with Crippen LogP contribution in [0.25, 0.3) is 5.69 Å². The van der Waals surface area contributed by atoms with Crippen molar-refractivity contribution in [1.82, 2.24) is 9.47 Å². The van der Waals surface area contributed by atoms with Gasteiger partial charge in [0.2, 0.25) is 0 Å². The summed E-state index contributed by atoms with van der Waals surface area (Å²) in [5.41, 5.74) is 2.33. The lowest BCUT2D eigenvalue weighted by Gasteiger charge is -2.23. The molecule has 0 saturated heterocycles. The van der Waals surface area contributed by atoms with Crippen molar-refractivity contribution in [2.45, 2.75) is 26.2 Å². The zero-order valence-corrected chi connectivity index (χ0v) is 15.0. The molecule has 0 saturated carbocycles. The summed E-state index contributed by atoms with van der Waals surface area (Å²) in [7, 11) is 1.52. The van der Waals surface area contributed by atoms with E-state index < -0.39 is 11.5 Å². The van der Waals surface area contributed by atoms with E-state index in [1.165, 1.54) is 22.6 Å². The van der Waals surface area contributed by atoms with Crippen LogP contribution in [0.4, 0.5) is 0 Å². The van der Waals surface area contributed by atoms with Gasteiger partial charge in [-0.1, -0.05) is 17.7 Å². The Kier molecular flexibility index (Phi) is 5.04. The summed E-state index contributed by atoms with van der Waals surface area (Å²) in [6.07, 6.45) is 1.72. The Hall–Kier alpha value is -2.73. The lowest BCUT2D eigenvalue weighted by Crippen LogP contribution is -2.38. The highest BCUT2D eigenvalue weighted by Gasteiger charge is 2.27. The first-order valence-electron chi connectivity index (χ1n) is 8.69. The number of aliphatic hydroxyl groups is 1. The first-order chi connectivity index (χ1) is 12.4. The Morgan fingerprint density at radius 3 is 2.54 bits per heavy atom. The number of aromatic nitrogens is 1. The number of pyridine rings is 1. The zero-order valence-electron chi connectivity index (χ0n) is 15.0. The highest BCUT2D eigenvalue weighted by Crippen LogP contribution is 2.24. The minimum atomic E-state index is -0.494. The van der Waals surface area contributed by atoms with Gasteiger partial charge in [0.15, 0.2) is 5.78 Å².